The van der Waals surface area contributed by atoms with Crippen LogP contribution in [0, 0.1) is 5.41 Å². The Morgan fingerprint density at radius 1 is 1.15 bits per heavy atom. The molecule has 0 saturated heterocycles. The molecule has 3 rings (SSSR count). The lowest BCUT2D eigenvalue weighted by molar-refractivity contribution is -0.137. The Morgan fingerprint density at radius 2 is 1.91 bits per heavy atom. The Balaban J connectivity index is 1.63. The van der Waals surface area contributed by atoms with Crippen molar-refractivity contribution in [3.8, 4) is 11.5 Å². The van der Waals surface area contributed by atoms with Gasteiger partial charge in [0, 0.05) is 17.7 Å². The van der Waals surface area contributed by atoms with E-state index < -0.39 is 30.1 Å². The van der Waals surface area contributed by atoms with Crippen molar-refractivity contribution in [3.05, 3.63) is 53.6 Å². The molecule has 2 aromatic rings. The normalized spacial score (nSPS) is 14.8. The van der Waals surface area contributed by atoms with Crippen LogP contribution in [0.4, 0.5) is 5.69 Å². The van der Waals surface area contributed by atoms with Gasteiger partial charge in [-0.3, -0.25) is 19.8 Å². The second kappa shape index (κ2) is 10.4. The SMILES string of the molecule is CCC1Oc2ccc(C(CC(=O)O)NC(=O)CNC(=O)c3cccc(NC(=N)N)c3)cc2O1. The Bertz CT molecular complexity index is 1070. The maximum atomic E-state index is 12.5. The minimum atomic E-state index is -1.09. The Hall–Kier alpha value is -4.28. The van der Waals surface area contributed by atoms with Crippen LogP contribution in [0.2, 0.25) is 0 Å². The summed E-state index contributed by atoms with van der Waals surface area (Å²) >= 11 is 0. The molecule has 33 heavy (non-hydrogen) atoms. The molecule has 0 radical (unpaired) electrons. The van der Waals surface area contributed by atoms with Gasteiger partial charge in [0.25, 0.3) is 5.91 Å². The minimum Gasteiger partial charge on any atom is -0.481 e. The van der Waals surface area contributed by atoms with E-state index in [1.54, 1.807) is 36.4 Å². The fraction of sp³-hybridized carbons (Fsp3) is 0.273. The second-order valence-corrected chi connectivity index (χ2v) is 7.30. The first-order valence-corrected chi connectivity index (χ1v) is 10.2. The third-order valence-corrected chi connectivity index (χ3v) is 4.75. The van der Waals surface area contributed by atoms with Crippen molar-refractivity contribution in [2.45, 2.75) is 32.1 Å². The van der Waals surface area contributed by atoms with Gasteiger partial charge in [-0.15, -0.1) is 0 Å². The van der Waals surface area contributed by atoms with Crippen molar-refractivity contribution >= 4 is 29.4 Å². The van der Waals surface area contributed by atoms with Gasteiger partial charge < -0.3 is 36.3 Å². The number of fused-ring (bicyclic) bond motifs is 1. The van der Waals surface area contributed by atoms with Gasteiger partial charge in [-0.1, -0.05) is 19.1 Å². The number of ether oxygens (including phenoxy) is 2. The number of nitrogens with one attached hydrogen (secondary N) is 4. The van der Waals surface area contributed by atoms with E-state index in [9.17, 15) is 19.5 Å². The van der Waals surface area contributed by atoms with Gasteiger partial charge in [-0.2, -0.15) is 0 Å². The van der Waals surface area contributed by atoms with Crippen molar-refractivity contribution in [2.75, 3.05) is 11.9 Å². The standard InChI is InChI=1S/C22H25N5O6/c1-2-20-32-16-7-6-12(9-17(16)33-20)15(10-19(29)30)27-18(28)11-25-21(31)13-4-3-5-14(8-13)26-22(23)24/h3-9,15,20H,2,10-11H2,1H3,(H,25,31)(H,27,28)(H,29,30)(H4,23,24,26). The van der Waals surface area contributed by atoms with E-state index in [4.69, 9.17) is 20.6 Å². The van der Waals surface area contributed by atoms with Gasteiger partial charge in [-0.05, 0) is 35.9 Å². The Kier molecular flexibility index (Phi) is 7.34. The summed E-state index contributed by atoms with van der Waals surface area (Å²) in [6.07, 6.45) is -0.107. The zero-order chi connectivity index (χ0) is 24.0. The number of hydrogen-bond acceptors (Lipinski definition) is 6. The summed E-state index contributed by atoms with van der Waals surface area (Å²) in [5.41, 5.74) is 6.54. The lowest BCUT2D eigenvalue weighted by Crippen LogP contribution is -2.39. The van der Waals surface area contributed by atoms with E-state index >= 15 is 0 Å². The van der Waals surface area contributed by atoms with Crippen molar-refractivity contribution in [2.24, 2.45) is 5.73 Å². The largest absolute Gasteiger partial charge is 0.481 e. The number of hydrogen-bond donors (Lipinski definition) is 6. The molecule has 0 fully saturated rings. The number of carbonyl (C=O) groups excluding carboxylic acids is 2. The summed E-state index contributed by atoms with van der Waals surface area (Å²) in [7, 11) is 0. The van der Waals surface area contributed by atoms with Gasteiger partial charge in [0.15, 0.2) is 17.5 Å². The molecule has 0 saturated carbocycles. The highest BCUT2D eigenvalue weighted by Crippen LogP contribution is 2.37. The van der Waals surface area contributed by atoms with Gasteiger partial charge in [0.2, 0.25) is 12.2 Å². The molecule has 0 spiro atoms. The molecular formula is C22H25N5O6. The second-order valence-electron chi connectivity index (χ2n) is 7.30. The van der Waals surface area contributed by atoms with E-state index in [0.717, 1.165) is 0 Å². The fourth-order valence-electron chi connectivity index (χ4n) is 3.23. The topological polar surface area (TPSA) is 176 Å². The summed E-state index contributed by atoms with van der Waals surface area (Å²) in [5.74, 6) is -1.40. The number of amides is 2. The van der Waals surface area contributed by atoms with Crippen LogP contribution < -0.4 is 31.2 Å². The van der Waals surface area contributed by atoms with Gasteiger partial charge >= 0.3 is 5.97 Å². The molecular weight excluding hydrogens is 430 g/mol. The smallest absolute Gasteiger partial charge is 0.305 e. The summed E-state index contributed by atoms with van der Waals surface area (Å²) < 4.78 is 11.2. The van der Waals surface area contributed by atoms with Crippen LogP contribution in [0.25, 0.3) is 0 Å². The summed E-state index contributed by atoms with van der Waals surface area (Å²) in [5, 5.41) is 24.2. The number of benzene rings is 2. The highest BCUT2D eigenvalue weighted by molar-refractivity contribution is 5.98. The lowest BCUT2D eigenvalue weighted by Gasteiger charge is -2.18. The first-order chi connectivity index (χ1) is 15.7. The van der Waals surface area contributed by atoms with Crippen LogP contribution >= 0.6 is 0 Å². The van der Waals surface area contributed by atoms with E-state index in [2.05, 4.69) is 16.0 Å². The van der Waals surface area contributed by atoms with Crippen molar-refractivity contribution < 1.29 is 29.0 Å². The third-order valence-electron chi connectivity index (χ3n) is 4.75. The zero-order valence-electron chi connectivity index (χ0n) is 17.9. The number of aliphatic carboxylic acids is 1. The van der Waals surface area contributed by atoms with Crippen molar-refractivity contribution in [1.82, 2.24) is 10.6 Å². The predicted molar refractivity (Wildman–Crippen MR) is 119 cm³/mol. The molecule has 0 aliphatic carbocycles. The van der Waals surface area contributed by atoms with E-state index in [0.29, 0.717) is 29.2 Å². The molecule has 0 aromatic heterocycles. The molecule has 7 N–H and O–H groups in total. The summed E-state index contributed by atoms with van der Waals surface area (Å²) in [6, 6.07) is 10.4. The molecule has 2 aromatic carbocycles. The molecule has 2 atom stereocenters. The fourth-order valence-corrected chi connectivity index (χ4v) is 3.23. The molecule has 11 nitrogen and oxygen atoms in total. The zero-order valence-corrected chi connectivity index (χ0v) is 17.9. The lowest BCUT2D eigenvalue weighted by atomic mass is 10.0. The quantitative estimate of drug-likeness (QED) is 0.244. The number of anilines is 1. The van der Waals surface area contributed by atoms with Crippen LogP contribution in [0.15, 0.2) is 42.5 Å². The van der Waals surface area contributed by atoms with Gasteiger partial charge in [0.05, 0.1) is 19.0 Å². The molecule has 1 aliphatic heterocycles. The number of rotatable bonds is 9. The first-order valence-electron chi connectivity index (χ1n) is 10.2. The molecule has 11 heteroatoms. The maximum Gasteiger partial charge on any atom is 0.305 e. The molecule has 0 bridgehead atoms. The van der Waals surface area contributed by atoms with Crippen LogP contribution in [0.5, 0.6) is 11.5 Å². The van der Waals surface area contributed by atoms with Crippen LogP contribution in [-0.4, -0.2) is 41.7 Å². The molecule has 1 aliphatic rings. The summed E-state index contributed by atoms with van der Waals surface area (Å²) in [4.78, 5) is 36.2. The van der Waals surface area contributed by atoms with E-state index in [1.165, 1.54) is 6.07 Å². The number of guanidine groups is 1. The molecule has 2 unspecified atom stereocenters. The number of carbonyl (C=O) groups is 3. The number of nitrogens with two attached hydrogens (primary N) is 1. The predicted octanol–water partition coefficient (Wildman–Crippen LogP) is 1.56. The van der Waals surface area contributed by atoms with E-state index in [-0.39, 0.29) is 24.5 Å². The van der Waals surface area contributed by atoms with Crippen molar-refractivity contribution in [1.29, 1.82) is 5.41 Å². The van der Waals surface area contributed by atoms with Gasteiger partial charge in [-0.25, -0.2) is 0 Å². The molecule has 174 valence electrons. The number of carboxylic acid groups (broad SMARTS) is 1. The highest BCUT2D eigenvalue weighted by Gasteiger charge is 2.25. The molecule has 1 heterocycles. The van der Waals surface area contributed by atoms with Crippen LogP contribution in [0.1, 0.15) is 41.7 Å². The average molecular weight is 455 g/mol. The Morgan fingerprint density at radius 3 is 2.61 bits per heavy atom. The Labute approximate surface area is 189 Å². The van der Waals surface area contributed by atoms with Gasteiger partial charge in [0.1, 0.15) is 0 Å². The van der Waals surface area contributed by atoms with Crippen LogP contribution in [-0.2, 0) is 9.59 Å². The monoisotopic (exact) mass is 455 g/mol. The van der Waals surface area contributed by atoms with Crippen molar-refractivity contribution in [3.63, 3.8) is 0 Å². The maximum absolute atomic E-state index is 12.5. The molecule has 2 amide bonds. The summed E-state index contributed by atoms with van der Waals surface area (Å²) in [6.45, 7) is 1.55. The minimum absolute atomic E-state index is 0.261. The van der Waals surface area contributed by atoms with E-state index in [1.807, 2.05) is 6.92 Å². The highest BCUT2D eigenvalue weighted by atomic mass is 16.7. The third kappa shape index (κ3) is 6.35. The first kappa shape index (κ1) is 23.4. The average Bonchev–Trinajstić information content (AvgIpc) is 3.19. The van der Waals surface area contributed by atoms with Crippen LogP contribution in [0.3, 0.4) is 0 Å². The number of carboxylic acids is 1.